The number of aliphatic hydroxyl groups is 1. The molecule has 0 radical (unpaired) electrons. The van der Waals surface area contributed by atoms with Crippen LogP contribution in [-0.2, 0) is 24.5 Å². The van der Waals surface area contributed by atoms with Gasteiger partial charge in [0.15, 0.2) is 0 Å². The van der Waals surface area contributed by atoms with Crippen LogP contribution in [-0.4, -0.2) is 38.1 Å². The number of rotatable bonds is 8. The Morgan fingerprint density at radius 3 is 2.67 bits per heavy atom. The van der Waals surface area contributed by atoms with Gasteiger partial charge in [-0.1, -0.05) is 17.7 Å². The summed E-state index contributed by atoms with van der Waals surface area (Å²) in [6.07, 6.45) is 5.38. The largest absolute Gasteiger partial charge is 0.392 e. The summed E-state index contributed by atoms with van der Waals surface area (Å²) in [5.74, 6) is -2.57. The summed E-state index contributed by atoms with van der Waals surface area (Å²) in [4.78, 5) is 18.0. The first-order valence-corrected chi connectivity index (χ1v) is 13.0. The number of ether oxygens (including phenoxy) is 1. The number of halogens is 4. The number of fused-ring (bicyclic) bond motifs is 1. The van der Waals surface area contributed by atoms with Crippen LogP contribution < -0.4 is 10.9 Å². The Bertz CT molecular complexity index is 1560. The lowest BCUT2D eigenvalue weighted by molar-refractivity contribution is -0.0361. The van der Waals surface area contributed by atoms with Gasteiger partial charge in [0, 0.05) is 55.7 Å². The fraction of sp³-hybridized carbons (Fsp3) is 0.357. The second-order valence-corrected chi connectivity index (χ2v) is 10.3. The summed E-state index contributed by atoms with van der Waals surface area (Å²) in [6.45, 7) is -0.110. The smallest absolute Gasteiger partial charge is 0.275 e. The van der Waals surface area contributed by atoms with Gasteiger partial charge in [-0.15, -0.1) is 0 Å². The Labute approximate surface area is 227 Å². The Balaban J connectivity index is 1.51. The fourth-order valence-corrected chi connectivity index (χ4v) is 5.25. The van der Waals surface area contributed by atoms with Gasteiger partial charge in [0.05, 0.1) is 30.5 Å². The van der Waals surface area contributed by atoms with Gasteiger partial charge < -0.3 is 24.1 Å². The predicted molar refractivity (Wildman–Crippen MR) is 143 cm³/mol. The number of benzene rings is 1. The molecule has 4 aromatic rings. The third kappa shape index (κ3) is 5.83. The topological polar surface area (TPSA) is 80.8 Å². The molecule has 0 amide bonds. The van der Waals surface area contributed by atoms with E-state index in [0.717, 1.165) is 0 Å². The third-order valence-corrected chi connectivity index (χ3v) is 7.44. The predicted octanol–water partition coefficient (Wildman–Crippen LogP) is 5.63. The molecule has 3 heterocycles. The molecular formula is C28H28ClF3N4O3. The van der Waals surface area contributed by atoms with E-state index < -0.39 is 11.7 Å². The van der Waals surface area contributed by atoms with Gasteiger partial charge in [-0.3, -0.25) is 4.79 Å². The highest BCUT2D eigenvalue weighted by molar-refractivity contribution is 6.33. The van der Waals surface area contributed by atoms with Crippen molar-refractivity contribution >= 4 is 22.9 Å². The van der Waals surface area contributed by atoms with E-state index in [1.54, 1.807) is 28.9 Å². The molecule has 0 saturated heterocycles. The Kier molecular flexibility index (Phi) is 7.70. The molecule has 5 rings (SSSR count). The quantitative estimate of drug-likeness (QED) is 0.292. The van der Waals surface area contributed by atoms with E-state index in [1.165, 1.54) is 36.1 Å². The van der Waals surface area contributed by atoms with Gasteiger partial charge in [-0.2, -0.15) is 0 Å². The molecule has 7 nitrogen and oxygen atoms in total. The number of hydrogen-bond donors (Lipinski definition) is 2. The van der Waals surface area contributed by atoms with Crippen molar-refractivity contribution < 1.29 is 23.0 Å². The van der Waals surface area contributed by atoms with Gasteiger partial charge in [-0.25, -0.2) is 18.2 Å². The van der Waals surface area contributed by atoms with Gasteiger partial charge in [-0.05, 0) is 48.2 Å². The lowest BCUT2D eigenvalue weighted by Crippen LogP contribution is -2.32. The van der Waals surface area contributed by atoms with Crippen LogP contribution in [0.25, 0.3) is 16.6 Å². The molecule has 1 aromatic carbocycles. The van der Waals surface area contributed by atoms with Crippen molar-refractivity contribution in [1.29, 1.82) is 0 Å². The minimum atomic E-state index is -2.62. The first kappa shape index (κ1) is 27.2. The van der Waals surface area contributed by atoms with Crippen LogP contribution in [0.1, 0.15) is 42.5 Å². The molecule has 39 heavy (non-hydrogen) atoms. The van der Waals surface area contributed by atoms with E-state index in [1.807, 2.05) is 0 Å². The molecule has 1 aliphatic rings. The summed E-state index contributed by atoms with van der Waals surface area (Å²) in [5, 5.41) is 13.3. The third-order valence-electron chi connectivity index (χ3n) is 7.14. The molecule has 0 unspecified atom stereocenters. The fourth-order valence-electron chi connectivity index (χ4n) is 5.04. The maximum absolute atomic E-state index is 14.0. The highest BCUT2D eigenvalue weighted by atomic mass is 35.5. The Hall–Kier alpha value is -3.34. The second-order valence-electron chi connectivity index (χ2n) is 9.86. The zero-order valence-electron chi connectivity index (χ0n) is 21.3. The van der Waals surface area contributed by atoms with E-state index >= 15 is 0 Å². The standard InChI is InChI=1S/C28H28ClF3N4O3/c1-39-16-22-14-35-12-19(9-25(35)27(38)36(22)13-18-8-20(30)3-2-17(18)15-37)23-10-26(33-11-24(23)29)34-21-4-6-28(31,32)7-5-21/h2-3,8-12,14,21,37H,4-7,13,15-16H2,1H3,(H,33,34). The molecule has 1 aliphatic carbocycles. The number of hydrogen-bond acceptors (Lipinski definition) is 5. The van der Waals surface area contributed by atoms with E-state index in [9.17, 15) is 23.1 Å². The van der Waals surface area contributed by atoms with Crippen LogP contribution in [0.15, 0.2) is 53.7 Å². The van der Waals surface area contributed by atoms with Crippen LogP contribution in [0, 0.1) is 5.82 Å². The van der Waals surface area contributed by atoms with Crippen molar-refractivity contribution in [2.45, 2.75) is 57.4 Å². The summed E-state index contributed by atoms with van der Waals surface area (Å²) in [5.41, 5.74) is 2.91. The van der Waals surface area contributed by atoms with E-state index in [-0.39, 0.29) is 44.2 Å². The summed E-state index contributed by atoms with van der Waals surface area (Å²) in [7, 11) is 1.51. The maximum atomic E-state index is 14.0. The van der Waals surface area contributed by atoms with Crippen molar-refractivity contribution in [2.75, 3.05) is 12.4 Å². The number of aromatic nitrogens is 3. The minimum Gasteiger partial charge on any atom is -0.392 e. The molecular weight excluding hydrogens is 533 g/mol. The monoisotopic (exact) mass is 560 g/mol. The SMILES string of the molecule is COCc1cn2cc(-c3cc(NC4CCC(F)(F)CC4)ncc3Cl)cc2c(=O)n1Cc1cc(F)ccc1CO. The number of pyridine rings is 1. The molecule has 206 valence electrons. The number of nitrogens with one attached hydrogen (secondary N) is 1. The molecule has 1 saturated carbocycles. The van der Waals surface area contributed by atoms with Crippen LogP contribution in [0.4, 0.5) is 19.0 Å². The summed E-state index contributed by atoms with van der Waals surface area (Å²) < 4.78 is 49.6. The van der Waals surface area contributed by atoms with Gasteiger partial charge in [0.25, 0.3) is 5.56 Å². The first-order chi connectivity index (χ1) is 18.7. The average molecular weight is 561 g/mol. The summed E-state index contributed by atoms with van der Waals surface area (Å²) >= 11 is 6.48. The van der Waals surface area contributed by atoms with E-state index in [0.29, 0.717) is 57.1 Å². The van der Waals surface area contributed by atoms with Crippen molar-refractivity contribution in [2.24, 2.45) is 0 Å². The number of nitrogens with zero attached hydrogens (tertiary/aromatic N) is 3. The average Bonchev–Trinajstić information content (AvgIpc) is 3.33. The molecule has 1 fully saturated rings. The van der Waals surface area contributed by atoms with Crippen LogP contribution in [0.5, 0.6) is 0 Å². The molecule has 0 spiro atoms. The number of alkyl halides is 2. The molecule has 0 aliphatic heterocycles. The number of anilines is 1. The lowest BCUT2D eigenvalue weighted by atomic mass is 9.92. The van der Waals surface area contributed by atoms with Gasteiger partial charge in [0.2, 0.25) is 5.92 Å². The first-order valence-electron chi connectivity index (χ1n) is 12.6. The van der Waals surface area contributed by atoms with Crippen LogP contribution >= 0.6 is 11.6 Å². The van der Waals surface area contributed by atoms with E-state index in [2.05, 4.69) is 10.3 Å². The maximum Gasteiger partial charge on any atom is 0.275 e. The van der Waals surface area contributed by atoms with Gasteiger partial charge >= 0.3 is 0 Å². The minimum absolute atomic E-state index is 0.0483. The summed E-state index contributed by atoms with van der Waals surface area (Å²) in [6, 6.07) is 7.41. The molecule has 0 bridgehead atoms. The highest BCUT2D eigenvalue weighted by Crippen LogP contribution is 2.35. The second kappa shape index (κ2) is 11.0. The normalized spacial score (nSPS) is 15.6. The molecule has 11 heteroatoms. The lowest BCUT2D eigenvalue weighted by Gasteiger charge is -2.29. The zero-order valence-corrected chi connectivity index (χ0v) is 22.0. The number of aliphatic hydroxyl groups excluding tert-OH is 1. The molecule has 0 atom stereocenters. The molecule has 3 aromatic heterocycles. The highest BCUT2D eigenvalue weighted by Gasteiger charge is 2.35. The van der Waals surface area contributed by atoms with E-state index in [4.69, 9.17) is 16.3 Å². The van der Waals surface area contributed by atoms with Crippen LogP contribution in [0.2, 0.25) is 5.02 Å². The van der Waals surface area contributed by atoms with Crippen molar-refractivity contribution in [3.63, 3.8) is 0 Å². The van der Waals surface area contributed by atoms with Crippen LogP contribution in [0.3, 0.4) is 0 Å². The molecule has 2 N–H and O–H groups in total. The van der Waals surface area contributed by atoms with Gasteiger partial charge in [0.1, 0.15) is 17.2 Å². The Morgan fingerprint density at radius 1 is 1.18 bits per heavy atom. The van der Waals surface area contributed by atoms with Crippen molar-refractivity contribution in [1.82, 2.24) is 14.0 Å². The Morgan fingerprint density at radius 2 is 1.95 bits per heavy atom. The van der Waals surface area contributed by atoms with Crippen molar-refractivity contribution in [3.8, 4) is 11.1 Å². The number of methoxy groups -OCH3 is 1. The van der Waals surface area contributed by atoms with Crippen molar-refractivity contribution in [3.05, 3.63) is 86.9 Å². The zero-order chi connectivity index (χ0) is 27.7.